The molecule has 0 aromatic carbocycles. The van der Waals surface area contributed by atoms with Gasteiger partial charge in [0, 0.05) is 43.3 Å². The van der Waals surface area contributed by atoms with E-state index >= 15 is 0 Å². The van der Waals surface area contributed by atoms with E-state index in [4.69, 9.17) is 0 Å². The molecular weight excluding hydrogens is 452 g/mol. The first-order chi connectivity index (χ1) is 17.2. The molecule has 2 atom stereocenters. The van der Waals surface area contributed by atoms with Gasteiger partial charge >= 0.3 is 0 Å². The first kappa shape index (κ1) is 29.8. The Morgan fingerprint density at radius 3 is 1.86 bits per heavy atom. The maximum atomic E-state index is 2.82. The zero-order valence-corrected chi connectivity index (χ0v) is 26.5. The van der Waals surface area contributed by atoms with Crippen molar-refractivity contribution in [3.8, 4) is 0 Å². The molecule has 4 nitrogen and oxygen atoms in total. The van der Waals surface area contributed by atoms with Gasteiger partial charge in [-0.25, -0.2) is 0 Å². The third-order valence-electron chi connectivity index (χ3n) is 11.4. The van der Waals surface area contributed by atoms with Crippen LogP contribution in [0.2, 0.25) is 0 Å². The molecule has 0 spiro atoms. The standard InChI is InChI=1S/C33H64N4/c1-26(28-12-17-34(18-13-28)22-27-11-21-36(23-27)32(5,6)7)10-16-33(8,9)37-24-30(25-37)35-19-14-29(15-20-35)31(2,3)4/h26-30H,10-25H2,1-9H3/t26?,27-/m0/s1. The van der Waals surface area contributed by atoms with Gasteiger partial charge in [0.15, 0.2) is 0 Å². The molecule has 0 radical (unpaired) electrons. The molecule has 0 aromatic heterocycles. The second-order valence-corrected chi connectivity index (χ2v) is 16.5. The first-order valence-corrected chi connectivity index (χ1v) is 16.2. The van der Waals surface area contributed by atoms with Gasteiger partial charge in [-0.15, -0.1) is 0 Å². The average Bonchev–Trinajstić information content (AvgIpc) is 3.26. The Balaban J connectivity index is 1.11. The molecule has 4 heteroatoms. The van der Waals surface area contributed by atoms with Gasteiger partial charge in [-0.3, -0.25) is 14.7 Å². The maximum Gasteiger partial charge on any atom is 0.0350 e. The fourth-order valence-corrected chi connectivity index (χ4v) is 7.95. The second kappa shape index (κ2) is 11.8. The van der Waals surface area contributed by atoms with Gasteiger partial charge < -0.3 is 4.90 Å². The fourth-order valence-electron chi connectivity index (χ4n) is 7.95. The lowest BCUT2D eigenvalue weighted by Gasteiger charge is -2.54. The second-order valence-electron chi connectivity index (χ2n) is 16.5. The van der Waals surface area contributed by atoms with E-state index in [1.807, 2.05) is 0 Å². The van der Waals surface area contributed by atoms with Crippen LogP contribution in [0.25, 0.3) is 0 Å². The Hall–Kier alpha value is -0.160. The van der Waals surface area contributed by atoms with Crippen LogP contribution in [0, 0.1) is 29.1 Å². The van der Waals surface area contributed by atoms with Crippen LogP contribution in [0.1, 0.15) is 107 Å². The molecule has 0 aromatic rings. The van der Waals surface area contributed by atoms with Gasteiger partial charge in [-0.2, -0.15) is 0 Å². The number of piperidine rings is 2. The van der Waals surface area contributed by atoms with E-state index in [1.54, 1.807) is 0 Å². The van der Waals surface area contributed by atoms with E-state index in [2.05, 4.69) is 81.9 Å². The predicted molar refractivity (Wildman–Crippen MR) is 160 cm³/mol. The summed E-state index contributed by atoms with van der Waals surface area (Å²) < 4.78 is 0. The number of hydrogen-bond donors (Lipinski definition) is 0. The minimum Gasteiger partial charge on any atom is -0.303 e. The van der Waals surface area contributed by atoms with E-state index in [0.717, 1.165) is 29.7 Å². The van der Waals surface area contributed by atoms with E-state index < -0.39 is 0 Å². The summed E-state index contributed by atoms with van der Waals surface area (Å²) in [6.45, 7) is 33.9. The molecule has 0 bridgehead atoms. The Labute approximate surface area is 231 Å². The summed E-state index contributed by atoms with van der Waals surface area (Å²) in [7, 11) is 0. The molecule has 4 aliphatic heterocycles. The topological polar surface area (TPSA) is 13.0 Å². The van der Waals surface area contributed by atoms with E-state index in [9.17, 15) is 0 Å². The summed E-state index contributed by atoms with van der Waals surface area (Å²) in [5, 5.41) is 0. The van der Waals surface area contributed by atoms with E-state index in [-0.39, 0.29) is 0 Å². The van der Waals surface area contributed by atoms with Crippen LogP contribution in [0.15, 0.2) is 0 Å². The lowest BCUT2D eigenvalue weighted by atomic mass is 9.75. The fraction of sp³-hybridized carbons (Fsp3) is 1.00. The lowest BCUT2D eigenvalue weighted by molar-refractivity contribution is -0.0498. The highest BCUT2D eigenvalue weighted by atomic mass is 15.3. The number of likely N-dealkylation sites (tertiary alicyclic amines) is 4. The summed E-state index contributed by atoms with van der Waals surface area (Å²) >= 11 is 0. The summed E-state index contributed by atoms with van der Waals surface area (Å²) in [5.41, 5.74) is 1.18. The van der Waals surface area contributed by atoms with Crippen molar-refractivity contribution in [3.63, 3.8) is 0 Å². The molecule has 4 aliphatic rings. The largest absolute Gasteiger partial charge is 0.303 e. The van der Waals surface area contributed by atoms with Crippen molar-refractivity contribution in [3.05, 3.63) is 0 Å². The van der Waals surface area contributed by atoms with Crippen LogP contribution in [0.4, 0.5) is 0 Å². The molecule has 0 aliphatic carbocycles. The molecule has 0 N–H and O–H groups in total. The van der Waals surface area contributed by atoms with Crippen molar-refractivity contribution in [2.45, 2.75) is 124 Å². The van der Waals surface area contributed by atoms with Gasteiger partial charge in [0.1, 0.15) is 0 Å². The Morgan fingerprint density at radius 2 is 1.32 bits per heavy atom. The molecule has 4 rings (SSSR count). The normalized spacial score (nSPS) is 28.6. The lowest BCUT2D eigenvalue weighted by Crippen LogP contribution is -2.66. The molecule has 4 saturated heterocycles. The Morgan fingerprint density at radius 1 is 0.703 bits per heavy atom. The quantitative estimate of drug-likeness (QED) is 0.367. The molecular formula is C33H64N4. The third kappa shape index (κ3) is 7.74. The molecule has 37 heavy (non-hydrogen) atoms. The van der Waals surface area contributed by atoms with Crippen LogP contribution >= 0.6 is 0 Å². The zero-order valence-electron chi connectivity index (χ0n) is 26.5. The molecule has 216 valence electrons. The molecule has 0 saturated carbocycles. The summed E-state index contributed by atoms with van der Waals surface area (Å²) in [5.74, 6) is 3.61. The van der Waals surface area contributed by atoms with Crippen LogP contribution in [0.3, 0.4) is 0 Å². The predicted octanol–water partition coefficient (Wildman–Crippen LogP) is 6.46. The van der Waals surface area contributed by atoms with Crippen LogP contribution in [-0.2, 0) is 0 Å². The van der Waals surface area contributed by atoms with Crippen LogP contribution in [-0.4, -0.2) is 95.6 Å². The van der Waals surface area contributed by atoms with Gasteiger partial charge in [-0.05, 0) is 141 Å². The van der Waals surface area contributed by atoms with Crippen molar-refractivity contribution in [2.75, 3.05) is 58.9 Å². The Bertz CT molecular complexity index is 697. The first-order valence-electron chi connectivity index (χ1n) is 16.2. The summed E-state index contributed by atoms with van der Waals surface area (Å²) in [4.78, 5) is 11.1. The highest BCUT2D eigenvalue weighted by Gasteiger charge is 2.42. The third-order valence-corrected chi connectivity index (χ3v) is 11.4. The van der Waals surface area contributed by atoms with Gasteiger partial charge in [-0.1, -0.05) is 27.7 Å². The zero-order chi connectivity index (χ0) is 27.0. The minimum absolute atomic E-state index is 0.338. The van der Waals surface area contributed by atoms with Crippen molar-refractivity contribution >= 4 is 0 Å². The molecule has 0 amide bonds. The SMILES string of the molecule is CC(CCC(C)(C)N1CC(N2CCC(C(C)(C)C)CC2)C1)C1CCN(C[C@@H]2CCN(C(C)(C)C)C2)CC1. The summed E-state index contributed by atoms with van der Waals surface area (Å²) in [6, 6.07) is 0.817. The summed E-state index contributed by atoms with van der Waals surface area (Å²) in [6.07, 6.45) is 9.80. The van der Waals surface area contributed by atoms with Crippen molar-refractivity contribution < 1.29 is 0 Å². The highest BCUT2D eigenvalue weighted by molar-refractivity contribution is 4.98. The highest BCUT2D eigenvalue weighted by Crippen LogP contribution is 2.38. The van der Waals surface area contributed by atoms with Gasteiger partial charge in [0.05, 0.1) is 0 Å². The number of nitrogens with zero attached hydrogens (tertiary/aromatic N) is 4. The Kier molecular flexibility index (Phi) is 9.47. The molecule has 1 unspecified atom stereocenters. The molecule has 4 fully saturated rings. The minimum atomic E-state index is 0.338. The van der Waals surface area contributed by atoms with Gasteiger partial charge in [0.25, 0.3) is 0 Å². The van der Waals surface area contributed by atoms with Crippen molar-refractivity contribution in [1.82, 2.24) is 19.6 Å². The number of hydrogen-bond acceptors (Lipinski definition) is 4. The van der Waals surface area contributed by atoms with Crippen LogP contribution < -0.4 is 0 Å². The smallest absolute Gasteiger partial charge is 0.0350 e. The van der Waals surface area contributed by atoms with E-state index in [1.165, 1.54) is 104 Å². The molecule has 4 heterocycles. The average molecular weight is 517 g/mol. The monoisotopic (exact) mass is 517 g/mol. The maximum absolute atomic E-state index is 2.82. The number of rotatable bonds is 8. The van der Waals surface area contributed by atoms with Gasteiger partial charge in [0.2, 0.25) is 0 Å². The van der Waals surface area contributed by atoms with Crippen LogP contribution in [0.5, 0.6) is 0 Å². The van der Waals surface area contributed by atoms with Crippen molar-refractivity contribution in [1.29, 1.82) is 0 Å². The van der Waals surface area contributed by atoms with Crippen molar-refractivity contribution in [2.24, 2.45) is 29.1 Å². The van der Waals surface area contributed by atoms with E-state index in [0.29, 0.717) is 16.5 Å².